The van der Waals surface area contributed by atoms with Crippen LogP contribution in [-0.4, -0.2) is 26.8 Å². The zero-order chi connectivity index (χ0) is 14.2. The van der Waals surface area contributed by atoms with Crippen molar-refractivity contribution in [3.8, 4) is 0 Å². The number of carbonyl (C=O) groups is 2. The van der Waals surface area contributed by atoms with Gasteiger partial charge in [0.2, 0.25) is 5.78 Å². The fourth-order valence-electron chi connectivity index (χ4n) is 1.61. The number of carbonyl (C=O) groups excluding carboxylic acids is 1. The second kappa shape index (κ2) is 4.62. The molecule has 0 fully saturated rings. The number of hydrogen-bond donors (Lipinski definition) is 2. The summed E-state index contributed by atoms with van der Waals surface area (Å²) < 4.78 is 0. The number of carboxylic acid groups (broad SMARTS) is 1. The van der Waals surface area contributed by atoms with Crippen LogP contribution in [0.5, 0.6) is 0 Å². The number of H-pyrrole nitrogens is 1. The Labute approximate surface area is 114 Å². The summed E-state index contributed by atoms with van der Waals surface area (Å²) in [4.78, 5) is 31.0. The number of carboxylic acids is 1. The summed E-state index contributed by atoms with van der Waals surface area (Å²) in [6.07, 6.45) is 1.22. The predicted molar refractivity (Wildman–Crippen MR) is 72.0 cm³/mol. The van der Waals surface area contributed by atoms with Crippen molar-refractivity contribution in [3.05, 3.63) is 39.6 Å². The molecule has 0 unspecified atom stereocenters. The SMILES string of the molecule is CC(C)(C)c1ccc(C(=O)c2nc[nH]c2C(=O)O)s1. The van der Waals surface area contributed by atoms with Gasteiger partial charge in [-0.15, -0.1) is 11.3 Å². The molecule has 5 nitrogen and oxygen atoms in total. The van der Waals surface area contributed by atoms with Gasteiger partial charge in [-0.2, -0.15) is 0 Å². The van der Waals surface area contributed by atoms with E-state index in [-0.39, 0.29) is 22.6 Å². The van der Waals surface area contributed by atoms with Gasteiger partial charge in [-0.1, -0.05) is 20.8 Å². The number of aromatic nitrogens is 2. The van der Waals surface area contributed by atoms with Gasteiger partial charge < -0.3 is 10.1 Å². The second-order valence-corrected chi connectivity index (χ2v) is 6.26. The van der Waals surface area contributed by atoms with Gasteiger partial charge in [0.1, 0.15) is 5.69 Å². The van der Waals surface area contributed by atoms with E-state index in [1.165, 1.54) is 17.7 Å². The standard InChI is InChI=1S/C13H14N2O3S/c1-13(2,3)8-5-4-7(19-8)11(16)9-10(12(17)18)15-6-14-9/h4-6H,1-3H3,(H,14,15)(H,17,18). The van der Waals surface area contributed by atoms with E-state index in [2.05, 4.69) is 30.7 Å². The highest BCUT2D eigenvalue weighted by Crippen LogP contribution is 2.30. The quantitative estimate of drug-likeness (QED) is 0.845. The number of rotatable bonds is 3. The van der Waals surface area contributed by atoms with E-state index in [9.17, 15) is 9.59 Å². The van der Waals surface area contributed by atoms with Crippen molar-refractivity contribution in [1.82, 2.24) is 9.97 Å². The van der Waals surface area contributed by atoms with Gasteiger partial charge in [0.05, 0.1) is 11.2 Å². The minimum Gasteiger partial charge on any atom is -0.477 e. The van der Waals surface area contributed by atoms with Crippen LogP contribution in [0.15, 0.2) is 18.5 Å². The summed E-state index contributed by atoms with van der Waals surface area (Å²) in [5, 5.41) is 8.96. The number of imidazole rings is 1. The monoisotopic (exact) mass is 278 g/mol. The molecule has 0 aliphatic heterocycles. The molecule has 0 spiro atoms. The molecular formula is C13H14N2O3S. The van der Waals surface area contributed by atoms with E-state index in [0.29, 0.717) is 4.88 Å². The van der Waals surface area contributed by atoms with Crippen LogP contribution < -0.4 is 0 Å². The minimum absolute atomic E-state index is 0.0373. The van der Waals surface area contributed by atoms with E-state index in [4.69, 9.17) is 5.11 Å². The van der Waals surface area contributed by atoms with Crippen LogP contribution in [0.3, 0.4) is 0 Å². The number of nitrogens with zero attached hydrogens (tertiary/aromatic N) is 1. The zero-order valence-electron chi connectivity index (χ0n) is 10.9. The largest absolute Gasteiger partial charge is 0.477 e. The van der Waals surface area contributed by atoms with Gasteiger partial charge in [-0.25, -0.2) is 9.78 Å². The first-order valence-electron chi connectivity index (χ1n) is 5.72. The van der Waals surface area contributed by atoms with E-state index < -0.39 is 5.97 Å². The highest BCUT2D eigenvalue weighted by molar-refractivity contribution is 7.14. The van der Waals surface area contributed by atoms with Gasteiger partial charge in [0.25, 0.3) is 0 Å². The van der Waals surface area contributed by atoms with Crippen molar-refractivity contribution < 1.29 is 14.7 Å². The minimum atomic E-state index is -1.19. The van der Waals surface area contributed by atoms with Gasteiger partial charge in [0.15, 0.2) is 5.69 Å². The summed E-state index contributed by atoms with van der Waals surface area (Å²) in [7, 11) is 0. The fraction of sp³-hybridized carbons (Fsp3) is 0.308. The third-order valence-electron chi connectivity index (χ3n) is 2.64. The highest BCUT2D eigenvalue weighted by atomic mass is 32.1. The summed E-state index contributed by atoms with van der Waals surface area (Å²) in [6.45, 7) is 6.18. The molecule has 2 aromatic heterocycles. The van der Waals surface area contributed by atoms with Crippen molar-refractivity contribution in [2.75, 3.05) is 0 Å². The first-order valence-corrected chi connectivity index (χ1v) is 6.54. The molecule has 2 aromatic rings. The number of aromatic carboxylic acids is 1. The zero-order valence-corrected chi connectivity index (χ0v) is 11.7. The van der Waals surface area contributed by atoms with Gasteiger partial charge in [-0.05, 0) is 17.5 Å². The molecule has 0 radical (unpaired) electrons. The molecule has 0 aromatic carbocycles. The van der Waals surface area contributed by atoms with E-state index >= 15 is 0 Å². The molecule has 0 amide bonds. The molecule has 19 heavy (non-hydrogen) atoms. The maximum atomic E-state index is 12.2. The molecule has 0 saturated carbocycles. The van der Waals surface area contributed by atoms with Gasteiger partial charge in [0, 0.05) is 4.88 Å². The summed E-state index contributed by atoms with van der Waals surface area (Å²) in [5.41, 5.74) is -0.254. The van der Waals surface area contributed by atoms with Crippen LogP contribution in [0.1, 0.15) is 51.5 Å². The summed E-state index contributed by atoms with van der Waals surface area (Å²) in [6, 6.07) is 3.61. The van der Waals surface area contributed by atoms with Crippen LogP contribution in [0.4, 0.5) is 0 Å². The number of hydrogen-bond acceptors (Lipinski definition) is 4. The van der Waals surface area contributed by atoms with Gasteiger partial charge in [-0.3, -0.25) is 4.79 Å². The van der Waals surface area contributed by atoms with Crippen molar-refractivity contribution in [2.24, 2.45) is 0 Å². The molecule has 0 bridgehead atoms. The van der Waals surface area contributed by atoms with E-state index in [1.54, 1.807) is 6.07 Å². The van der Waals surface area contributed by atoms with Crippen LogP contribution in [0, 0.1) is 0 Å². The average molecular weight is 278 g/mol. The normalized spacial score (nSPS) is 11.5. The smallest absolute Gasteiger partial charge is 0.354 e. The molecule has 2 N–H and O–H groups in total. The molecular weight excluding hydrogens is 264 g/mol. The van der Waals surface area contributed by atoms with Crippen molar-refractivity contribution >= 4 is 23.1 Å². The van der Waals surface area contributed by atoms with Crippen molar-refractivity contribution in [1.29, 1.82) is 0 Å². The Hall–Kier alpha value is -1.95. The number of aromatic amines is 1. The Balaban J connectivity index is 2.37. The van der Waals surface area contributed by atoms with Crippen LogP contribution in [-0.2, 0) is 5.41 Å². The lowest BCUT2D eigenvalue weighted by molar-refractivity contribution is 0.0687. The van der Waals surface area contributed by atoms with Crippen LogP contribution in [0.2, 0.25) is 0 Å². The van der Waals surface area contributed by atoms with Gasteiger partial charge >= 0.3 is 5.97 Å². The Bertz CT molecular complexity index is 634. The molecule has 0 aliphatic rings. The number of nitrogens with one attached hydrogen (secondary N) is 1. The Morgan fingerprint density at radius 2 is 2.00 bits per heavy atom. The maximum Gasteiger partial charge on any atom is 0.354 e. The lowest BCUT2D eigenvalue weighted by atomic mass is 9.95. The van der Waals surface area contributed by atoms with Crippen molar-refractivity contribution in [3.63, 3.8) is 0 Å². The summed E-state index contributed by atoms with van der Waals surface area (Å²) >= 11 is 1.37. The third kappa shape index (κ3) is 2.58. The van der Waals surface area contributed by atoms with Crippen LogP contribution >= 0.6 is 11.3 Å². The Morgan fingerprint density at radius 3 is 2.53 bits per heavy atom. The van der Waals surface area contributed by atoms with E-state index in [1.807, 2.05) is 6.07 Å². The lowest BCUT2D eigenvalue weighted by Crippen LogP contribution is -2.09. The van der Waals surface area contributed by atoms with Crippen LogP contribution in [0.25, 0.3) is 0 Å². The molecule has 0 saturated heterocycles. The predicted octanol–water partition coefficient (Wildman–Crippen LogP) is 2.70. The molecule has 2 heterocycles. The first-order chi connectivity index (χ1) is 8.80. The Kier molecular flexibility index (Phi) is 3.28. The topological polar surface area (TPSA) is 83.0 Å². The molecule has 100 valence electrons. The molecule has 6 heteroatoms. The average Bonchev–Trinajstić information content (AvgIpc) is 2.96. The fourth-order valence-corrected chi connectivity index (χ4v) is 2.61. The molecule has 2 rings (SSSR count). The number of thiophene rings is 1. The third-order valence-corrected chi connectivity index (χ3v) is 4.15. The lowest BCUT2D eigenvalue weighted by Gasteiger charge is -2.15. The highest BCUT2D eigenvalue weighted by Gasteiger charge is 2.24. The summed E-state index contributed by atoms with van der Waals surface area (Å²) in [5.74, 6) is -1.55. The van der Waals surface area contributed by atoms with E-state index in [0.717, 1.165) is 4.88 Å². The Morgan fingerprint density at radius 1 is 1.32 bits per heavy atom. The number of ketones is 1. The molecule has 0 aliphatic carbocycles. The second-order valence-electron chi connectivity index (χ2n) is 5.17. The first kappa shape index (κ1) is 13.5. The molecule has 0 atom stereocenters. The van der Waals surface area contributed by atoms with Crippen molar-refractivity contribution in [2.45, 2.75) is 26.2 Å². The maximum absolute atomic E-state index is 12.2.